The van der Waals surface area contributed by atoms with Gasteiger partial charge in [-0.15, -0.1) is 22.2 Å². The van der Waals surface area contributed by atoms with E-state index >= 15 is 9.59 Å². The van der Waals surface area contributed by atoms with E-state index in [1.165, 1.54) is 0 Å². The number of hydrogen-bond acceptors (Lipinski definition) is 10. The number of hydrogen-bond donors (Lipinski definition) is 0. The molecule has 1 aliphatic rings. The van der Waals surface area contributed by atoms with Crippen molar-refractivity contribution in [1.29, 1.82) is 0 Å². The molecule has 0 fully saturated rings. The molecule has 1 aliphatic carbocycles. The molecular weight excluding hydrogens is 1150 g/mol. The lowest BCUT2D eigenvalue weighted by molar-refractivity contribution is 0.0965. The number of benzene rings is 4. The van der Waals surface area contributed by atoms with Crippen LogP contribution in [-0.2, 0) is 0 Å². The molecule has 0 unspecified atom stereocenters. The first-order valence-electron chi connectivity index (χ1n) is 32.5. The van der Waals surface area contributed by atoms with Gasteiger partial charge in [-0.05, 0) is 90.8 Å². The minimum atomic E-state index is -2.42. The van der Waals surface area contributed by atoms with Gasteiger partial charge in [-0.1, -0.05) is 214 Å². The highest BCUT2D eigenvalue weighted by Gasteiger charge is 2.46. The van der Waals surface area contributed by atoms with Crippen LogP contribution in [0, 0.1) is 45.9 Å². The van der Waals surface area contributed by atoms with Gasteiger partial charge in [0.2, 0.25) is 11.6 Å². The third-order valence-electron chi connectivity index (χ3n) is 20.8. The summed E-state index contributed by atoms with van der Waals surface area (Å²) < 4.78 is 0. The van der Waals surface area contributed by atoms with Crippen LogP contribution in [0.4, 0.5) is 0 Å². The molecule has 8 aromatic rings. The van der Waals surface area contributed by atoms with E-state index in [2.05, 4.69) is 212 Å². The fraction of sp³-hybridized carbons (Fsp3) is 0.486. The predicted octanol–water partition coefficient (Wildman–Crippen LogP) is 18.8. The van der Waals surface area contributed by atoms with Crippen LogP contribution in [0.2, 0.25) is 66.5 Å². The quantitative estimate of drug-likeness (QED) is 0.0660. The molecule has 0 radical (unpaired) electrons. The van der Waals surface area contributed by atoms with Crippen molar-refractivity contribution in [2.24, 2.45) is 0 Å². The van der Waals surface area contributed by atoms with E-state index in [-0.39, 0.29) is 22.8 Å². The van der Waals surface area contributed by atoms with Crippen LogP contribution in [0.15, 0.2) is 48.5 Å². The van der Waals surface area contributed by atoms with E-state index in [0.717, 1.165) is 0 Å². The monoisotopic (exact) mass is 1240 g/mol. The van der Waals surface area contributed by atoms with E-state index in [1.807, 2.05) is 48.5 Å². The van der Waals surface area contributed by atoms with Crippen molar-refractivity contribution in [3.05, 3.63) is 93.6 Å². The molecule has 0 aliphatic heterocycles. The summed E-state index contributed by atoms with van der Waals surface area (Å²) in [6.45, 7) is 55.0. The predicted molar refractivity (Wildman–Crippen MR) is 379 cm³/mol. The summed E-state index contributed by atoms with van der Waals surface area (Å²) in [6, 6.07) is 15.7. The summed E-state index contributed by atoms with van der Waals surface area (Å²) in [6.07, 6.45) is 0. The highest BCUT2D eigenvalue weighted by Crippen LogP contribution is 2.46. The Morgan fingerprint density at radius 1 is 0.250 bits per heavy atom. The first kappa shape index (κ1) is 65.6. The molecule has 10 nitrogen and oxygen atoms in total. The number of rotatable bonds is 12. The van der Waals surface area contributed by atoms with Crippen molar-refractivity contribution in [2.75, 3.05) is 0 Å². The third-order valence-corrected chi connectivity index (χ3v) is 45.9. The molecular formula is C74H92N8O2Si4. The van der Waals surface area contributed by atoms with Gasteiger partial charge in [0.15, 0.2) is 0 Å². The third kappa shape index (κ3) is 10.5. The summed E-state index contributed by atoms with van der Waals surface area (Å²) in [5.41, 5.74) is 27.4. The van der Waals surface area contributed by atoms with Gasteiger partial charge in [-0.2, -0.15) is 0 Å². The second kappa shape index (κ2) is 24.5. The molecule has 0 spiro atoms. The Labute approximate surface area is 528 Å². The van der Waals surface area contributed by atoms with Crippen LogP contribution in [-0.4, -0.2) is 83.7 Å². The Kier molecular flexibility index (Phi) is 18.3. The summed E-state index contributed by atoms with van der Waals surface area (Å²) in [4.78, 5) is 75.2. The molecule has 0 amide bonds. The molecule has 4 aromatic heterocycles. The second-order valence-electron chi connectivity index (χ2n) is 28.8. The zero-order valence-electron chi connectivity index (χ0n) is 56.9. The standard InChI is InChI=1S/C74H92N8O2Si4/c1-41(2)85(42(3)4,43(5)6)37-33-53-61-62(76-58-30-26-25-29-57(58)75-61)54(34-38-86(44(7)8,45(9)10)46(11)12)66-65(53)79-69-70(80-66)74(84)72-71(73(69)83)81-67-55(35-39-87(47(13)14,48(15)16)49(17)18)63-64(78-60-32-28-27-31-59(60)77-63)56(68(67)82-72)36-40-88(50(19)20,51(21)22)52(23)24/h25-32,41-52H,1-24H3. The van der Waals surface area contributed by atoms with E-state index < -0.39 is 43.9 Å². The van der Waals surface area contributed by atoms with Gasteiger partial charge in [0.1, 0.15) is 99.2 Å². The maximum Gasteiger partial charge on any atom is 0.234 e. The largest absolute Gasteiger partial charge is 0.285 e. The summed E-state index contributed by atoms with van der Waals surface area (Å²) in [5.74, 6) is 13.9. The van der Waals surface area contributed by atoms with Crippen molar-refractivity contribution in [1.82, 2.24) is 39.9 Å². The number of carbonyl (C=O) groups excluding carboxylic acids is 2. The van der Waals surface area contributed by atoms with E-state index in [1.54, 1.807) is 0 Å². The van der Waals surface area contributed by atoms with E-state index in [0.29, 0.717) is 155 Å². The molecule has 0 N–H and O–H groups in total. The van der Waals surface area contributed by atoms with Gasteiger partial charge in [0.05, 0.1) is 44.3 Å². The minimum Gasteiger partial charge on any atom is -0.285 e. The lowest BCUT2D eigenvalue weighted by atomic mass is 9.95. The van der Waals surface area contributed by atoms with E-state index in [9.17, 15) is 0 Å². The van der Waals surface area contributed by atoms with Gasteiger partial charge < -0.3 is 0 Å². The summed E-state index contributed by atoms with van der Waals surface area (Å²) >= 11 is 0. The first-order valence-corrected chi connectivity index (χ1v) is 41.4. The SMILES string of the molecule is CC(C)[Si](C#Cc1c2nc3c(nc2c(C#C[Si](C(C)C)(C(C)C)C(C)C)c2nc4ccccc4nc12)C(=O)c1nc2c(C#C[Si](C(C)C)(C(C)C)C(C)C)c4nc5ccccc5nc4c(C#C[Si](C(C)C)(C(C)C)C(C)C)c2nc1C3=O)(C(C)C)C(C)C. The molecule has 4 heterocycles. The van der Waals surface area contributed by atoms with Crippen LogP contribution < -0.4 is 0 Å². The van der Waals surface area contributed by atoms with Gasteiger partial charge in [0, 0.05) is 0 Å². The maximum absolute atomic E-state index is 16.0. The van der Waals surface area contributed by atoms with Gasteiger partial charge in [-0.3, -0.25) is 9.59 Å². The molecule has 88 heavy (non-hydrogen) atoms. The van der Waals surface area contributed by atoms with Crippen molar-refractivity contribution < 1.29 is 9.59 Å². The second-order valence-corrected chi connectivity index (χ2v) is 51.1. The van der Waals surface area contributed by atoms with Crippen LogP contribution in [0.1, 0.15) is 221 Å². The molecule has 0 bridgehead atoms. The van der Waals surface area contributed by atoms with E-state index in [4.69, 9.17) is 39.9 Å². The number of para-hydroxylation sites is 4. The normalized spacial score (nSPS) is 13.5. The highest BCUT2D eigenvalue weighted by atomic mass is 28.3. The average Bonchev–Trinajstić information content (AvgIpc) is 0.852. The molecule has 456 valence electrons. The number of nitrogens with zero attached hydrogens (tertiary/aromatic N) is 8. The number of aromatic nitrogens is 8. The smallest absolute Gasteiger partial charge is 0.234 e. The maximum atomic E-state index is 16.0. The van der Waals surface area contributed by atoms with Crippen molar-refractivity contribution in [3.8, 4) is 45.9 Å². The Morgan fingerprint density at radius 3 is 0.545 bits per heavy atom. The zero-order valence-corrected chi connectivity index (χ0v) is 60.9. The topological polar surface area (TPSA) is 137 Å². The number of carbonyl (C=O) groups is 2. The molecule has 9 rings (SSSR count). The Hall–Kier alpha value is -6.79. The first-order chi connectivity index (χ1) is 41.4. The lowest BCUT2D eigenvalue weighted by Crippen LogP contribution is -2.43. The zero-order chi connectivity index (χ0) is 64.6. The molecule has 14 heteroatoms. The van der Waals surface area contributed by atoms with Gasteiger partial charge >= 0.3 is 0 Å². The summed E-state index contributed by atoms with van der Waals surface area (Å²) in [7, 11) is -9.68. The Bertz CT molecular complexity index is 3790. The average molecular weight is 1240 g/mol. The van der Waals surface area contributed by atoms with Crippen LogP contribution in [0.3, 0.4) is 0 Å². The number of ketones is 2. The van der Waals surface area contributed by atoms with Gasteiger partial charge in [-0.25, -0.2) is 39.9 Å². The summed E-state index contributed by atoms with van der Waals surface area (Å²) in [5, 5.41) is 0. The Morgan fingerprint density at radius 2 is 0.398 bits per heavy atom. The molecule has 0 saturated carbocycles. The van der Waals surface area contributed by atoms with Crippen molar-refractivity contribution in [3.63, 3.8) is 0 Å². The molecule has 0 saturated heterocycles. The fourth-order valence-corrected chi connectivity index (χ4v) is 37.3. The highest BCUT2D eigenvalue weighted by molar-refractivity contribution is 6.92. The molecule has 0 atom stereocenters. The Balaban J connectivity index is 1.49. The van der Waals surface area contributed by atoms with Crippen LogP contribution in [0.25, 0.3) is 66.2 Å². The van der Waals surface area contributed by atoms with Crippen LogP contribution in [0.5, 0.6) is 0 Å². The fourth-order valence-electron chi connectivity index (χ4n) is 16.5. The number of fused-ring (bicyclic) bond motifs is 8. The van der Waals surface area contributed by atoms with Crippen molar-refractivity contribution in [2.45, 2.75) is 233 Å². The van der Waals surface area contributed by atoms with Crippen molar-refractivity contribution >= 4 is 110 Å². The van der Waals surface area contributed by atoms with Gasteiger partial charge in [0.25, 0.3) is 0 Å². The minimum absolute atomic E-state index is 0.129. The lowest BCUT2D eigenvalue weighted by Gasteiger charge is -2.38. The van der Waals surface area contributed by atoms with Crippen LogP contribution >= 0.6 is 0 Å². The molecule has 4 aromatic carbocycles.